The maximum absolute atomic E-state index is 13.2. The molecule has 3 nitrogen and oxygen atoms in total. The van der Waals surface area contributed by atoms with Gasteiger partial charge < -0.3 is 10.4 Å². The van der Waals surface area contributed by atoms with E-state index in [4.69, 9.17) is 0 Å². The summed E-state index contributed by atoms with van der Waals surface area (Å²) in [5, 5.41) is 12.2. The summed E-state index contributed by atoms with van der Waals surface area (Å²) in [7, 11) is 0. The SMILES string of the molecule is Cc1cccc(NC(C(=O)O)c2cccc(F)c2)c1. The largest absolute Gasteiger partial charge is 0.479 e. The number of carbonyl (C=O) groups is 1. The Balaban J connectivity index is 2.29. The number of hydrogen-bond donors (Lipinski definition) is 2. The molecule has 4 heteroatoms. The van der Waals surface area contributed by atoms with Crippen LogP contribution in [-0.2, 0) is 4.79 Å². The van der Waals surface area contributed by atoms with Gasteiger partial charge in [0.1, 0.15) is 5.82 Å². The van der Waals surface area contributed by atoms with Crippen LogP contribution in [0.3, 0.4) is 0 Å². The molecule has 0 aromatic heterocycles. The van der Waals surface area contributed by atoms with Crippen molar-refractivity contribution >= 4 is 11.7 Å². The molecule has 2 aromatic rings. The summed E-state index contributed by atoms with van der Waals surface area (Å²) in [6.45, 7) is 1.92. The summed E-state index contributed by atoms with van der Waals surface area (Å²) in [5.74, 6) is -1.50. The van der Waals surface area contributed by atoms with Gasteiger partial charge in [-0.05, 0) is 42.3 Å². The monoisotopic (exact) mass is 259 g/mol. The van der Waals surface area contributed by atoms with Crippen LogP contribution in [0.25, 0.3) is 0 Å². The topological polar surface area (TPSA) is 49.3 Å². The van der Waals surface area contributed by atoms with Gasteiger partial charge in [0.05, 0.1) is 0 Å². The first kappa shape index (κ1) is 13.1. The second-order valence-electron chi connectivity index (χ2n) is 4.34. The van der Waals surface area contributed by atoms with Gasteiger partial charge in [0.25, 0.3) is 0 Å². The van der Waals surface area contributed by atoms with Crippen LogP contribution in [0.15, 0.2) is 48.5 Å². The van der Waals surface area contributed by atoms with Crippen LogP contribution >= 0.6 is 0 Å². The van der Waals surface area contributed by atoms with Crippen molar-refractivity contribution in [2.24, 2.45) is 0 Å². The molecule has 2 rings (SSSR count). The molecule has 0 aliphatic carbocycles. The van der Waals surface area contributed by atoms with Crippen molar-refractivity contribution in [1.82, 2.24) is 0 Å². The third-order valence-corrected chi connectivity index (χ3v) is 2.76. The van der Waals surface area contributed by atoms with Gasteiger partial charge in [-0.3, -0.25) is 0 Å². The minimum atomic E-state index is -1.05. The molecule has 2 aromatic carbocycles. The standard InChI is InChI=1S/C15H14FNO2/c1-10-4-2-7-13(8-10)17-14(15(18)19)11-5-3-6-12(16)9-11/h2-9,14,17H,1H3,(H,18,19). The molecular formula is C15H14FNO2. The van der Waals surface area contributed by atoms with E-state index < -0.39 is 17.8 Å². The van der Waals surface area contributed by atoms with Crippen LogP contribution in [-0.4, -0.2) is 11.1 Å². The zero-order valence-corrected chi connectivity index (χ0v) is 10.4. The lowest BCUT2D eigenvalue weighted by molar-refractivity contribution is -0.138. The van der Waals surface area contributed by atoms with E-state index in [0.29, 0.717) is 11.3 Å². The number of aryl methyl sites for hydroxylation is 1. The van der Waals surface area contributed by atoms with Gasteiger partial charge in [-0.1, -0.05) is 24.3 Å². The van der Waals surface area contributed by atoms with Crippen LogP contribution in [0, 0.1) is 12.7 Å². The summed E-state index contributed by atoms with van der Waals surface area (Å²) >= 11 is 0. The van der Waals surface area contributed by atoms with E-state index in [2.05, 4.69) is 5.32 Å². The lowest BCUT2D eigenvalue weighted by Crippen LogP contribution is -2.20. The van der Waals surface area contributed by atoms with E-state index >= 15 is 0 Å². The van der Waals surface area contributed by atoms with Gasteiger partial charge in [0.15, 0.2) is 6.04 Å². The van der Waals surface area contributed by atoms with Crippen LogP contribution in [0.5, 0.6) is 0 Å². The molecule has 1 atom stereocenters. The predicted molar refractivity (Wildman–Crippen MR) is 71.6 cm³/mol. The van der Waals surface area contributed by atoms with E-state index in [9.17, 15) is 14.3 Å². The van der Waals surface area contributed by atoms with Crippen LogP contribution < -0.4 is 5.32 Å². The Kier molecular flexibility index (Phi) is 3.80. The van der Waals surface area contributed by atoms with Crippen molar-refractivity contribution in [3.63, 3.8) is 0 Å². The molecule has 0 amide bonds. The molecular weight excluding hydrogens is 245 g/mol. The first-order valence-corrected chi connectivity index (χ1v) is 5.88. The fourth-order valence-electron chi connectivity index (χ4n) is 1.88. The summed E-state index contributed by atoms with van der Waals surface area (Å²) in [6, 6.07) is 12.0. The highest BCUT2D eigenvalue weighted by atomic mass is 19.1. The lowest BCUT2D eigenvalue weighted by atomic mass is 10.1. The Hall–Kier alpha value is -2.36. The highest BCUT2D eigenvalue weighted by Gasteiger charge is 2.19. The second kappa shape index (κ2) is 5.52. The minimum absolute atomic E-state index is 0.383. The maximum Gasteiger partial charge on any atom is 0.330 e. The lowest BCUT2D eigenvalue weighted by Gasteiger charge is -2.16. The van der Waals surface area contributed by atoms with E-state index in [-0.39, 0.29) is 0 Å². The van der Waals surface area contributed by atoms with Gasteiger partial charge >= 0.3 is 5.97 Å². The molecule has 2 N–H and O–H groups in total. The number of anilines is 1. The molecule has 0 aliphatic rings. The smallest absolute Gasteiger partial charge is 0.330 e. The maximum atomic E-state index is 13.2. The molecule has 0 radical (unpaired) electrons. The Labute approximate surface area is 110 Å². The van der Waals surface area contributed by atoms with Crippen molar-refractivity contribution < 1.29 is 14.3 Å². The summed E-state index contributed by atoms with van der Waals surface area (Å²) in [6.07, 6.45) is 0. The average molecular weight is 259 g/mol. The third kappa shape index (κ3) is 3.31. The Morgan fingerprint density at radius 2 is 1.95 bits per heavy atom. The quantitative estimate of drug-likeness (QED) is 0.885. The Bertz CT molecular complexity index is 598. The van der Waals surface area contributed by atoms with Gasteiger partial charge in [-0.2, -0.15) is 0 Å². The summed E-state index contributed by atoms with van der Waals surface area (Å²) < 4.78 is 13.2. The van der Waals surface area contributed by atoms with E-state index in [1.54, 1.807) is 12.1 Å². The molecule has 19 heavy (non-hydrogen) atoms. The first-order chi connectivity index (χ1) is 9.06. The highest BCUT2D eigenvalue weighted by Crippen LogP contribution is 2.21. The number of nitrogens with one attached hydrogen (secondary N) is 1. The molecule has 0 bridgehead atoms. The number of carboxylic acids is 1. The third-order valence-electron chi connectivity index (χ3n) is 2.76. The number of carboxylic acid groups (broad SMARTS) is 1. The highest BCUT2D eigenvalue weighted by molar-refractivity contribution is 5.79. The Morgan fingerprint density at radius 1 is 1.21 bits per heavy atom. The number of halogens is 1. The molecule has 0 aliphatic heterocycles. The van der Waals surface area contributed by atoms with Crippen LogP contribution in [0.4, 0.5) is 10.1 Å². The van der Waals surface area contributed by atoms with Crippen molar-refractivity contribution in [3.8, 4) is 0 Å². The average Bonchev–Trinajstić information content (AvgIpc) is 2.35. The molecule has 0 fully saturated rings. The van der Waals surface area contributed by atoms with Crippen molar-refractivity contribution in [1.29, 1.82) is 0 Å². The zero-order valence-electron chi connectivity index (χ0n) is 10.4. The van der Waals surface area contributed by atoms with Crippen molar-refractivity contribution in [3.05, 3.63) is 65.5 Å². The van der Waals surface area contributed by atoms with E-state index in [0.717, 1.165) is 5.56 Å². The first-order valence-electron chi connectivity index (χ1n) is 5.88. The number of rotatable bonds is 4. The van der Waals surface area contributed by atoms with Crippen molar-refractivity contribution in [2.75, 3.05) is 5.32 Å². The molecule has 1 unspecified atom stereocenters. The fraction of sp³-hybridized carbons (Fsp3) is 0.133. The molecule has 0 saturated heterocycles. The zero-order chi connectivity index (χ0) is 13.8. The van der Waals surface area contributed by atoms with Gasteiger partial charge in [0, 0.05) is 5.69 Å². The summed E-state index contributed by atoms with van der Waals surface area (Å²) in [4.78, 5) is 11.3. The van der Waals surface area contributed by atoms with Gasteiger partial charge in [-0.15, -0.1) is 0 Å². The van der Waals surface area contributed by atoms with E-state index in [1.165, 1.54) is 18.2 Å². The van der Waals surface area contributed by atoms with Gasteiger partial charge in [-0.25, -0.2) is 9.18 Å². The normalized spacial score (nSPS) is 11.9. The number of hydrogen-bond acceptors (Lipinski definition) is 2. The van der Waals surface area contributed by atoms with E-state index in [1.807, 2.05) is 25.1 Å². The Morgan fingerprint density at radius 3 is 2.58 bits per heavy atom. The number of benzene rings is 2. The fourth-order valence-corrected chi connectivity index (χ4v) is 1.88. The van der Waals surface area contributed by atoms with Crippen LogP contribution in [0.2, 0.25) is 0 Å². The number of aliphatic carboxylic acids is 1. The molecule has 0 heterocycles. The second-order valence-corrected chi connectivity index (χ2v) is 4.34. The summed E-state index contributed by atoms with van der Waals surface area (Å²) in [5.41, 5.74) is 2.10. The minimum Gasteiger partial charge on any atom is -0.479 e. The predicted octanol–water partition coefficient (Wildman–Crippen LogP) is 3.37. The van der Waals surface area contributed by atoms with Gasteiger partial charge in [0.2, 0.25) is 0 Å². The van der Waals surface area contributed by atoms with Crippen LogP contribution in [0.1, 0.15) is 17.2 Å². The molecule has 0 spiro atoms. The van der Waals surface area contributed by atoms with Crippen molar-refractivity contribution in [2.45, 2.75) is 13.0 Å². The molecule has 98 valence electrons. The molecule has 0 saturated carbocycles.